The van der Waals surface area contributed by atoms with Gasteiger partial charge in [0.05, 0.1) is 35.4 Å². The van der Waals surface area contributed by atoms with Crippen LogP contribution in [-0.4, -0.2) is 30.3 Å². The van der Waals surface area contributed by atoms with Gasteiger partial charge >= 0.3 is 10.2 Å². The first-order chi connectivity index (χ1) is 17.7. The molecule has 0 aliphatic rings. The number of carbonyl (C=O) groups excluding carboxylic acids is 1. The first-order valence-corrected chi connectivity index (χ1v) is 12.7. The highest BCUT2D eigenvalue weighted by molar-refractivity contribution is 8.45. The molecule has 194 valence electrons. The fourth-order valence-corrected chi connectivity index (χ4v) is 4.53. The van der Waals surface area contributed by atoms with Crippen LogP contribution in [0.2, 0.25) is 0 Å². The summed E-state index contributed by atoms with van der Waals surface area (Å²) in [7, 11) is -10.1. The number of hydrogen-bond acceptors (Lipinski definition) is 5. The number of imidazole rings is 1. The van der Waals surface area contributed by atoms with Crippen molar-refractivity contribution in [2.45, 2.75) is 11.8 Å². The van der Waals surface area contributed by atoms with Gasteiger partial charge in [-0.3, -0.25) is 9.36 Å². The number of fused-ring (bicyclic) bond motifs is 1. The second-order valence-corrected chi connectivity index (χ2v) is 10.8. The number of nitriles is 1. The molecule has 3 heterocycles. The molecule has 38 heavy (non-hydrogen) atoms. The number of halogens is 5. The molecule has 1 amide bonds. The van der Waals surface area contributed by atoms with E-state index < -0.39 is 32.2 Å². The van der Waals surface area contributed by atoms with E-state index in [0.717, 1.165) is 17.2 Å². The molecule has 8 nitrogen and oxygen atoms in total. The van der Waals surface area contributed by atoms with E-state index in [4.69, 9.17) is 5.26 Å². The Hall–Kier alpha value is -4.77. The number of nitrogens with zero attached hydrogens (tertiary/aromatic N) is 6. The average Bonchev–Trinajstić information content (AvgIpc) is 3.45. The summed E-state index contributed by atoms with van der Waals surface area (Å²) < 4.78 is 70.3. The van der Waals surface area contributed by atoms with E-state index in [2.05, 4.69) is 20.6 Å². The van der Waals surface area contributed by atoms with Gasteiger partial charge < -0.3 is 5.32 Å². The van der Waals surface area contributed by atoms with Crippen LogP contribution in [0, 0.1) is 18.3 Å². The molecule has 0 radical (unpaired) electrons. The van der Waals surface area contributed by atoms with E-state index in [0.29, 0.717) is 17.0 Å². The molecule has 0 fully saturated rings. The molecule has 0 aliphatic heterocycles. The average molecular weight is 545 g/mol. The Bertz CT molecular complexity index is 1780. The fraction of sp³-hybridized carbons (Fsp3) is 0.0417. The van der Waals surface area contributed by atoms with Gasteiger partial charge in [0.2, 0.25) is 0 Å². The van der Waals surface area contributed by atoms with E-state index in [1.807, 2.05) is 13.0 Å². The van der Waals surface area contributed by atoms with E-state index >= 15 is 0 Å². The Morgan fingerprint density at radius 3 is 2.47 bits per heavy atom. The number of carbonyl (C=O) groups is 1. The van der Waals surface area contributed by atoms with Gasteiger partial charge in [-0.2, -0.15) is 20.6 Å². The number of benzene rings is 2. The van der Waals surface area contributed by atoms with Crippen LogP contribution in [0.25, 0.3) is 22.6 Å². The van der Waals surface area contributed by atoms with Crippen LogP contribution >= 0.6 is 10.2 Å². The Morgan fingerprint density at radius 1 is 1.00 bits per heavy atom. The molecule has 0 unspecified atom stereocenters. The van der Waals surface area contributed by atoms with Crippen LogP contribution in [0.3, 0.4) is 0 Å². The zero-order valence-corrected chi connectivity index (χ0v) is 20.1. The highest BCUT2D eigenvalue weighted by Gasteiger charge is 2.65. The molecule has 0 saturated carbocycles. The SMILES string of the molecule is Cc1ccc(NC(=O)c2cc(C#N)cc(S(F)(F)(F)(F)F)c2)cc1-n1ccn2nc(-c3ccnnc3)cc12. The summed E-state index contributed by atoms with van der Waals surface area (Å²) in [5.41, 5.74) is 2.22. The van der Waals surface area contributed by atoms with Crippen molar-refractivity contribution in [3.63, 3.8) is 0 Å². The molecule has 2 aromatic carbocycles. The molecule has 14 heteroatoms. The van der Waals surface area contributed by atoms with Crippen molar-refractivity contribution < 1.29 is 24.2 Å². The van der Waals surface area contributed by atoms with Gasteiger partial charge in [-0.1, -0.05) is 25.5 Å². The van der Waals surface area contributed by atoms with E-state index in [1.54, 1.807) is 45.9 Å². The van der Waals surface area contributed by atoms with Crippen LogP contribution in [0.4, 0.5) is 25.1 Å². The van der Waals surface area contributed by atoms with Crippen LogP contribution in [0.15, 0.2) is 78.2 Å². The summed E-state index contributed by atoms with van der Waals surface area (Å²) in [5, 5.41) is 23.5. The Labute approximate surface area is 211 Å². The van der Waals surface area contributed by atoms with Crippen molar-refractivity contribution in [1.82, 2.24) is 24.4 Å². The predicted molar refractivity (Wildman–Crippen MR) is 131 cm³/mol. The second kappa shape index (κ2) is 7.86. The Kier molecular flexibility index (Phi) is 5.15. The molecule has 0 spiro atoms. The van der Waals surface area contributed by atoms with Gasteiger partial charge in [-0.25, -0.2) is 4.52 Å². The summed E-state index contributed by atoms with van der Waals surface area (Å²) in [6.45, 7) is 1.82. The van der Waals surface area contributed by atoms with Crippen molar-refractivity contribution in [1.29, 1.82) is 5.26 Å². The number of anilines is 1. The van der Waals surface area contributed by atoms with Crippen LogP contribution in [-0.2, 0) is 0 Å². The highest BCUT2D eigenvalue weighted by atomic mass is 32.5. The third-order valence-electron chi connectivity index (χ3n) is 5.67. The maximum atomic E-state index is 13.4. The largest absolute Gasteiger partial charge is 0.322 e. The summed E-state index contributed by atoms with van der Waals surface area (Å²) in [6.07, 6.45) is 6.56. The van der Waals surface area contributed by atoms with Crippen molar-refractivity contribution in [2.75, 3.05) is 5.32 Å². The minimum atomic E-state index is -10.1. The lowest BCUT2D eigenvalue weighted by molar-refractivity contribution is 0.102. The highest BCUT2D eigenvalue weighted by Crippen LogP contribution is 3.02. The van der Waals surface area contributed by atoms with Crippen molar-refractivity contribution in [3.05, 3.63) is 90.0 Å². The zero-order chi connectivity index (χ0) is 27.4. The number of aryl methyl sites for hydroxylation is 1. The van der Waals surface area contributed by atoms with Crippen molar-refractivity contribution in [2.24, 2.45) is 0 Å². The summed E-state index contributed by atoms with van der Waals surface area (Å²) in [5.74, 6) is -1.09. The predicted octanol–water partition coefficient (Wildman–Crippen LogP) is 6.67. The van der Waals surface area contributed by atoms with Gasteiger partial charge in [-0.05, 0) is 48.9 Å². The second-order valence-electron chi connectivity index (χ2n) is 8.41. The fourth-order valence-electron chi connectivity index (χ4n) is 3.83. The summed E-state index contributed by atoms with van der Waals surface area (Å²) >= 11 is 0. The zero-order valence-electron chi connectivity index (χ0n) is 19.3. The number of rotatable bonds is 5. The maximum Gasteiger partial charge on any atom is 0.310 e. The molecule has 0 atom stereocenters. The molecular weight excluding hydrogens is 529 g/mol. The minimum absolute atomic E-state index is 0.0292. The normalized spacial score (nSPS) is 13.5. The molecular formula is C24H16F5N7OS. The summed E-state index contributed by atoms with van der Waals surface area (Å²) in [6, 6.07) is 10.6. The number of hydrogen-bond donors (Lipinski definition) is 1. The first-order valence-electron chi connectivity index (χ1n) is 10.8. The number of nitrogens with one attached hydrogen (secondary N) is 1. The first kappa shape index (κ1) is 24.9. The van der Waals surface area contributed by atoms with Crippen LogP contribution in [0.5, 0.6) is 0 Å². The molecule has 1 N–H and O–H groups in total. The smallest absolute Gasteiger partial charge is 0.310 e. The van der Waals surface area contributed by atoms with Gasteiger partial charge in [0.25, 0.3) is 5.91 Å². The van der Waals surface area contributed by atoms with Gasteiger partial charge in [0.1, 0.15) is 10.5 Å². The van der Waals surface area contributed by atoms with E-state index in [-0.39, 0.29) is 17.8 Å². The third kappa shape index (κ3) is 4.78. The topological polar surface area (TPSA) is 101 Å². The maximum absolute atomic E-state index is 13.4. The molecule has 0 bridgehead atoms. The summed E-state index contributed by atoms with van der Waals surface area (Å²) in [4.78, 5) is 10.5. The minimum Gasteiger partial charge on any atom is -0.322 e. The lowest BCUT2D eigenvalue weighted by atomic mass is 10.1. The van der Waals surface area contributed by atoms with E-state index in [9.17, 15) is 24.2 Å². The van der Waals surface area contributed by atoms with Gasteiger partial charge in [0, 0.05) is 35.3 Å². The van der Waals surface area contributed by atoms with Gasteiger partial charge in [0.15, 0.2) is 0 Å². The molecule has 3 aromatic heterocycles. The Balaban J connectivity index is 1.50. The van der Waals surface area contributed by atoms with Crippen LogP contribution < -0.4 is 5.32 Å². The quantitative estimate of drug-likeness (QED) is 0.249. The molecule has 5 aromatic rings. The lowest BCUT2D eigenvalue weighted by Crippen LogP contribution is -2.15. The molecule has 0 saturated heterocycles. The van der Waals surface area contributed by atoms with Crippen molar-refractivity contribution in [3.8, 4) is 23.0 Å². The van der Waals surface area contributed by atoms with Crippen LogP contribution in [0.1, 0.15) is 21.5 Å². The monoisotopic (exact) mass is 545 g/mol. The van der Waals surface area contributed by atoms with Gasteiger partial charge in [-0.15, -0.1) is 0 Å². The number of amides is 1. The molecule has 0 aliphatic carbocycles. The lowest BCUT2D eigenvalue weighted by Gasteiger charge is -2.40. The van der Waals surface area contributed by atoms with E-state index in [1.165, 1.54) is 18.3 Å². The molecule has 5 rings (SSSR count). The number of aromatic nitrogens is 5. The van der Waals surface area contributed by atoms with Crippen molar-refractivity contribution >= 4 is 27.5 Å². The standard InChI is InChI=1S/C24H16F5N7OS/c1-15-2-3-19(33-24(37)18-8-16(13-30)9-20(10-18)38(25,26,27,28)29)11-22(15)35-6-7-36-23(35)12-21(34-36)17-4-5-31-32-14-17/h2-12,14H,1H3,(H,33,37). The Morgan fingerprint density at radius 2 is 1.79 bits per heavy atom. The third-order valence-corrected chi connectivity index (χ3v) is 6.80.